The highest BCUT2D eigenvalue weighted by Gasteiger charge is 2.37. The average molecular weight is 465 g/mol. The SMILES string of the molecule is COCCn1nnc2cc(S(=O)(=O)N3CCCCC3C(=O)NCCN3CCCC3)ccc21. The quantitative estimate of drug-likeness (QED) is 0.585. The fourth-order valence-electron chi connectivity index (χ4n) is 4.51. The van der Waals surface area contributed by atoms with Crippen molar-refractivity contribution in [1.29, 1.82) is 0 Å². The summed E-state index contributed by atoms with van der Waals surface area (Å²) in [6.07, 6.45) is 4.51. The van der Waals surface area contributed by atoms with Crippen molar-refractivity contribution in [1.82, 2.24) is 29.5 Å². The van der Waals surface area contributed by atoms with Gasteiger partial charge in [0.25, 0.3) is 0 Å². The number of hydrogen-bond donors (Lipinski definition) is 1. The number of nitrogens with one attached hydrogen (secondary N) is 1. The number of carbonyl (C=O) groups is 1. The molecule has 1 amide bonds. The minimum atomic E-state index is -3.84. The Morgan fingerprint density at radius 3 is 2.72 bits per heavy atom. The minimum Gasteiger partial charge on any atom is -0.383 e. The molecule has 1 N–H and O–H groups in total. The lowest BCUT2D eigenvalue weighted by atomic mass is 10.0. The smallest absolute Gasteiger partial charge is 0.243 e. The molecule has 3 heterocycles. The number of piperidine rings is 1. The molecule has 2 saturated heterocycles. The van der Waals surface area contributed by atoms with Crippen LogP contribution in [0.1, 0.15) is 32.1 Å². The largest absolute Gasteiger partial charge is 0.383 e. The first-order valence-electron chi connectivity index (χ1n) is 11.3. The van der Waals surface area contributed by atoms with Gasteiger partial charge in [-0.25, -0.2) is 13.1 Å². The van der Waals surface area contributed by atoms with Crippen LogP contribution in [0, 0.1) is 0 Å². The zero-order valence-corrected chi connectivity index (χ0v) is 19.4. The lowest BCUT2D eigenvalue weighted by Gasteiger charge is -2.33. The van der Waals surface area contributed by atoms with Gasteiger partial charge in [0.15, 0.2) is 0 Å². The van der Waals surface area contributed by atoms with E-state index in [0.717, 1.165) is 38.0 Å². The Kier molecular flexibility index (Phi) is 7.39. The van der Waals surface area contributed by atoms with E-state index in [4.69, 9.17) is 4.74 Å². The second-order valence-electron chi connectivity index (χ2n) is 8.42. The number of sulfonamides is 1. The van der Waals surface area contributed by atoms with Gasteiger partial charge in [0, 0.05) is 26.7 Å². The van der Waals surface area contributed by atoms with Crippen molar-refractivity contribution in [3.8, 4) is 0 Å². The highest BCUT2D eigenvalue weighted by Crippen LogP contribution is 2.27. The van der Waals surface area contributed by atoms with E-state index in [-0.39, 0.29) is 10.8 Å². The highest BCUT2D eigenvalue weighted by molar-refractivity contribution is 7.89. The van der Waals surface area contributed by atoms with Gasteiger partial charge in [0.05, 0.1) is 23.6 Å². The van der Waals surface area contributed by atoms with Gasteiger partial charge >= 0.3 is 0 Å². The van der Waals surface area contributed by atoms with Crippen LogP contribution in [0.3, 0.4) is 0 Å². The number of carbonyl (C=O) groups excluding carboxylic acids is 1. The van der Waals surface area contributed by atoms with Crippen LogP contribution in [0.5, 0.6) is 0 Å². The molecule has 1 atom stereocenters. The van der Waals surface area contributed by atoms with Crippen molar-refractivity contribution < 1.29 is 17.9 Å². The zero-order valence-electron chi connectivity index (χ0n) is 18.6. The summed E-state index contributed by atoms with van der Waals surface area (Å²) in [7, 11) is -2.22. The van der Waals surface area contributed by atoms with Crippen molar-refractivity contribution in [2.75, 3.05) is 46.4 Å². The molecule has 10 nitrogen and oxygen atoms in total. The minimum absolute atomic E-state index is 0.139. The molecule has 176 valence electrons. The van der Waals surface area contributed by atoms with Gasteiger partial charge in [0.2, 0.25) is 15.9 Å². The van der Waals surface area contributed by atoms with E-state index in [2.05, 4.69) is 20.5 Å². The summed E-state index contributed by atoms with van der Waals surface area (Å²) in [5.74, 6) is -0.209. The maximum absolute atomic E-state index is 13.5. The van der Waals surface area contributed by atoms with Crippen LogP contribution in [0.4, 0.5) is 0 Å². The Bertz CT molecular complexity index is 1030. The Balaban J connectivity index is 1.48. The predicted octanol–water partition coefficient (Wildman–Crippen LogP) is 0.833. The molecule has 1 unspecified atom stereocenters. The first kappa shape index (κ1) is 23.1. The first-order chi connectivity index (χ1) is 15.5. The van der Waals surface area contributed by atoms with Crippen LogP contribution in [0.25, 0.3) is 11.0 Å². The summed E-state index contributed by atoms with van der Waals surface area (Å²) in [5.41, 5.74) is 1.25. The molecule has 0 aliphatic carbocycles. The maximum Gasteiger partial charge on any atom is 0.243 e. The summed E-state index contributed by atoms with van der Waals surface area (Å²) in [6, 6.07) is 4.15. The van der Waals surface area contributed by atoms with Crippen molar-refractivity contribution in [3.05, 3.63) is 18.2 Å². The molecule has 0 bridgehead atoms. The summed E-state index contributed by atoms with van der Waals surface area (Å²) >= 11 is 0. The lowest BCUT2D eigenvalue weighted by molar-refractivity contribution is -0.125. The Hall–Kier alpha value is -2.08. The maximum atomic E-state index is 13.5. The number of rotatable bonds is 9. The molecule has 0 saturated carbocycles. The average Bonchev–Trinajstić information content (AvgIpc) is 3.47. The summed E-state index contributed by atoms with van der Waals surface area (Å²) in [5, 5.41) is 11.2. The number of benzene rings is 1. The number of methoxy groups -OCH3 is 1. The third kappa shape index (κ3) is 4.95. The molecule has 1 aromatic heterocycles. The van der Waals surface area contributed by atoms with Crippen LogP contribution in [-0.2, 0) is 26.1 Å². The second-order valence-corrected chi connectivity index (χ2v) is 10.3. The van der Waals surface area contributed by atoms with E-state index in [1.807, 2.05) is 0 Å². The molecule has 2 aliphatic rings. The molecule has 11 heteroatoms. The van der Waals surface area contributed by atoms with Gasteiger partial charge in [-0.1, -0.05) is 11.6 Å². The fourth-order valence-corrected chi connectivity index (χ4v) is 6.18. The molecule has 32 heavy (non-hydrogen) atoms. The molecule has 0 radical (unpaired) electrons. The molecule has 2 aromatic rings. The van der Waals surface area contributed by atoms with Gasteiger partial charge in [-0.2, -0.15) is 4.31 Å². The van der Waals surface area contributed by atoms with E-state index in [9.17, 15) is 13.2 Å². The van der Waals surface area contributed by atoms with Gasteiger partial charge in [0.1, 0.15) is 11.6 Å². The molecule has 2 aliphatic heterocycles. The van der Waals surface area contributed by atoms with Gasteiger partial charge < -0.3 is 15.0 Å². The number of ether oxygens (including phenoxy) is 1. The first-order valence-corrected chi connectivity index (χ1v) is 12.8. The summed E-state index contributed by atoms with van der Waals surface area (Å²) in [6.45, 7) is 4.84. The molecular formula is C21H32N6O4S. The number of amides is 1. The molecular weight excluding hydrogens is 432 g/mol. The molecule has 2 fully saturated rings. The van der Waals surface area contributed by atoms with E-state index >= 15 is 0 Å². The zero-order chi connectivity index (χ0) is 22.6. The normalized spacial score (nSPS) is 20.7. The number of likely N-dealkylation sites (tertiary alicyclic amines) is 1. The number of aromatic nitrogens is 3. The van der Waals surface area contributed by atoms with E-state index in [1.165, 1.54) is 23.2 Å². The van der Waals surface area contributed by atoms with Crippen LogP contribution in [0.15, 0.2) is 23.1 Å². The second kappa shape index (κ2) is 10.2. The lowest BCUT2D eigenvalue weighted by Crippen LogP contribution is -2.52. The van der Waals surface area contributed by atoms with E-state index in [0.29, 0.717) is 38.2 Å². The predicted molar refractivity (Wildman–Crippen MR) is 120 cm³/mol. The monoisotopic (exact) mass is 464 g/mol. The van der Waals surface area contributed by atoms with Gasteiger partial charge in [-0.15, -0.1) is 5.10 Å². The van der Waals surface area contributed by atoms with Crippen LogP contribution >= 0.6 is 0 Å². The summed E-state index contributed by atoms with van der Waals surface area (Å²) < 4.78 is 35.1. The fraction of sp³-hybridized carbons (Fsp3) is 0.667. The third-order valence-corrected chi connectivity index (χ3v) is 8.19. The van der Waals surface area contributed by atoms with Crippen molar-refractivity contribution in [3.63, 3.8) is 0 Å². The van der Waals surface area contributed by atoms with Crippen molar-refractivity contribution in [2.24, 2.45) is 0 Å². The van der Waals surface area contributed by atoms with Crippen LogP contribution in [-0.4, -0.2) is 91.0 Å². The highest BCUT2D eigenvalue weighted by atomic mass is 32.2. The number of hydrogen-bond acceptors (Lipinski definition) is 7. The molecule has 0 spiro atoms. The standard InChI is InChI=1S/C21H32N6O4S/c1-31-15-14-26-19-8-7-17(16-18(19)23-24-26)32(29,30)27-12-3-2-6-20(27)21(28)22-9-13-25-10-4-5-11-25/h7-8,16,20H,2-6,9-15H2,1H3,(H,22,28). The Morgan fingerprint density at radius 2 is 1.94 bits per heavy atom. The van der Waals surface area contributed by atoms with E-state index < -0.39 is 16.1 Å². The van der Waals surface area contributed by atoms with Gasteiger partial charge in [-0.3, -0.25) is 4.79 Å². The Labute approximate surface area is 188 Å². The van der Waals surface area contributed by atoms with E-state index in [1.54, 1.807) is 23.9 Å². The van der Waals surface area contributed by atoms with Crippen molar-refractivity contribution in [2.45, 2.75) is 49.6 Å². The topological polar surface area (TPSA) is 110 Å². The number of fused-ring (bicyclic) bond motifs is 1. The molecule has 4 rings (SSSR count). The number of nitrogens with zero attached hydrogens (tertiary/aromatic N) is 5. The van der Waals surface area contributed by atoms with Crippen LogP contribution < -0.4 is 5.32 Å². The van der Waals surface area contributed by atoms with Crippen LogP contribution in [0.2, 0.25) is 0 Å². The summed E-state index contributed by atoms with van der Waals surface area (Å²) in [4.78, 5) is 15.4. The van der Waals surface area contributed by atoms with Gasteiger partial charge in [-0.05, 0) is 57.0 Å². The third-order valence-electron chi connectivity index (χ3n) is 6.28. The van der Waals surface area contributed by atoms with Crippen molar-refractivity contribution >= 4 is 27.0 Å². The molecule has 1 aromatic carbocycles. The Morgan fingerprint density at radius 1 is 1.16 bits per heavy atom.